The first-order valence-corrected chi connectivity index (χ1v) is 8.09. The molecule has 2 aliphatic rings. The molecule has 1 N–H and O–H groups in total. The number of anilines is 1. The lowest BCUT2D eigenvalue weighted by Crippen LogP contribution is -2.27. The van der Waals surface area contributed by atoms with Gasteiger partial charge < -0.3 is 5.32 Å². The van der Waals surface area contributed by atoms with Gasteiger partial charge in [-0.2, -0.15) is 0 Å². The Kier molecular flexibility index (Phi) is 3.85. The second kappa shape index (κ2) is 5.57. The monoisotopic (exact) mass is 265 g/mol. The Morgan fingerprint density at radius 1 is 1.39 bits per heavy atom. The van der Waals surface area contributed by atoms with E-state index in [1.54, 1.807) is 0 Å². The van der Waals surface area contributed by atoms with Gasteiger partial charge in [-0.1, -0.05) is 6.92 Å². The number of rotatable bonds is 8. The lowest BCUT2D eigenvalue weighted by Gasteiger charge is -2.20. The van der Waals surface area contributed by atoms with Crippen LogP contribution in [-0.2, 0) is 6.54 Å². The standard InChI is InChI=1S/C14H23N3S/c1-2-7-15-14-16-8-13(18-14)10-17(12-5-6-12)9-11-3-4-11/h8,11-12H,2-7,9-10H2,1H3,(H,15,16). The normalized spacial score (nSPS) is 19.4. The molecule has 0 unspecified atom stereocenters. The molecule has 3 nitrogen and oxygen atoms in total. The molecule has 3 rings (SSSR count). The Morgan fingerprint density at radius 3 is 2.89 bits per heavy atom. The molecule has 100 valence electrons. The van der Waals surface area contributed by atoms with Gasteiger partial charge >= 0.3 is 0 Å². The quantitative estimate of drug-likeness (QED) is 0.781. The van der Waals surface area contributed by atoms with E-state index in [9.17, 15) is 0 Å². The summed E-state index contributed by atoms with van der Waals surface area (Å²) in [5.41, 5.74) is 0. The van der Waals surface area contributed by atoms with Gasteiger partial charge in [0.2, 0.25) is 0 Å². The molecule has 0 radical (unpaired) electrons. The smallest absolute Gasteiger partial charge is 0.182 e. The third kappa shape index (κ3) is 3.45. The number of hydrogen-bond donors (Lipinski definition) is 1. The van der Waals surface area contributed by atoms with Crippen molar-refractivity contribution in [1.82, 2.24) is 9.88 Å². The highest BCUT2D eigenvalue weighted by Crippen LogP contribution is 2.36. The van der Waals surface area contributed by atoms with E-state index < -0.39 is 0 Å². The summed E-state index contributed by atoms with van der Waals surface area (Å²) in [7, 11) is 0. The van der Waals surface area contributed by atoms with Crippen LogP contribution in [0.1, 0.15) is 43.9 Å². The average Bonchev–Trinajstić information content (AvgIpc) is 3.26. The predicted octanol–water partition coefficient (Wildman–Crippen LogP) is 3.34. The molecule has 4 heteroatoms. The fraction of sp³-hybridized carbons (Fsp3) is 0.786. The Hall–Kier alpha value is -0.610. The third-order valence-corrected chi connectivity index (χ3v) is 4.63. The number of nitrogens with one attached hydrogen (secondary N) is 1. The number of thiazole rings is 1. The summed E-state index contributed by atoms with van der Waals surface area (Å²) in [5.74, 6) is 0.996. The molecular formula is C14H23N3S. The summed E-state index contributed by atoms with van der Waals surface area (Å²) in [6, 6.07) is 0.875. The largest absolute Gasteiger partial charge is 0.362 e. The molecule has 2 fully saturated rings. The van der Waals surface area contributed by atoms with E-state index in [1.807, 2.05) is 11.3 Å². The van der Waals surface area contributed by atoms with Crippen LogP contribution in [0.25, 0.3) is 0 Å². The first kappa shape index (κ1) is 12.4. The highest BCUT2D eigenvalue weighted by atomic mass is 32.1. The molecule has 0 aliphatic heterocycles. The molecule has 18 heavy (non-hydrogen) atoms. The highest BCUT2D eigenvalue weighted by Gasteiger charge is 2.33. The zero-order valence-electron chi connectivity index (χ0n) is 11.2. The van der Waals surface area contributed by atoms with Crippen molar-refractivity contribution in [2.75, 3.05) is 18.4 Å². The van der Waals surface area contributed by atoms with Gasteiger partial charge in [0.1, 0.15) is 0 Å². The van der Waals surface area contributed by atoms with Crippen molar-refractivity contribution in [3.8, 4) is 0 Å². The molecule has 0 spiro atoms. The number of hydrogen-bond acceptors (Lipinski definition) is 4. The van der Waals surface area contributed by atoms with E-state index in [2.05, 4.69) is 28.3 Å². The van der Waals surface area contributed by atoms with Crippen molar-refractivity contribution >= 4 is 16.5 Å². The second-order valence-electron chi connectivity index (χ2n) is 5.66. The molecule has 0 atom stereocenters. The molecule has 1 aromatic rings. The first-order valence-electron chi connectivity index (χ1n) is 7.27. The SMILES string of the molecule is CCCNc1ncc(CN(CC2CC2)C2CC2)s1. The maximum absolute atomic E-state index is 4.46. The van der Waals surface area contributed by atoms with Crippen molar-refractivity contribution in [3.05, 3.63) is 11.1 Å². The van der Waals surface area contributed by atoms with Crippen molar-refractivity contribution in [1.29, 1.82) is 0 Å². The van der Waals surface area contributed by atoms with E-state index in [4.69, 9.17) is 0 Å². The summed E-state index contributed by atoms with van der Waals surface area (Å²) in [4.78, 5) is 8.57. The van der Waals surface area contributed by atoms with Gasteiger partial charge in [0.25, 0.3) is 0 Å². The van der Waals surface area contributed by atoms with Crippen LogP contribution in [0.5, 0.6) is 0 Å². The maximum atomic E-state index is 4.46. The summed E-state index contributed by atoms with van der Waals surface area (Å²) >= 11 is 1.83. The minimum absolute atomic E-state index is 0.875. The van der Waals surface area contributed by atoms with Gasteiger partial charge in [0.05, 0.1) is 0 Å². The molecule has 0 amide bonds. The maximum Gasteiger partial charge on any atom is 0.182 e. The molecule has 1 aromatic heterocycles. The highest BCUT2D eigenvalue weighted by molar-refractivity contribution is 7.15. The molecule has 2 aliphatic carbocycles. The molecular weight excluding hydrogens is 242 g/mol. The van der Waals surface area contributed by atoms with Crippen molar-refractivity contribution < 1.29 is 0 Å². The average molecular weight is 265 g/mol. The minimum Gasteiger partial charge on any atom is -0.362 e. The zero-order valence-corrected chi connectivity index (χ0v) is 12.0. The van der Waals surface area contributed by atoms with E-state index in [1.165, 1.54) is 37.1 Å². The van der Waals surface area contributed by atoms with Crippen LogP contribution in [0.15, 0.2) is 6.20 Å². The topological polar surface area (TPSA) is 28.2 Å². The van der Waals surface area contributed by atoms with Gasteiger partial charge in [0.15, 0.2) is 5.13 Å². The minimum atomic E-state index is 0.875. The fourth-order valence-electron chi connectivity index (χ4n) is 2.31. The van der Waals surface area contributed by atoms with Gasteiger partial charge in [-0.3, -0.25) is 4.90 Å². The van der Waals surface area contributed by atoms with E-state index in [0.717, 1.165) is 36.6 Å². The lowest BCUT2D eigenvalue weighted by atomic mass is 10.3. The lowest BCUT2D eigenvalue weighted by molar-refractivity contribution is 0.246. The van der Waals surface area contributed by atoms with Crippen LogP contribution in [0.3, 0.4) is 0 Å². The van der Waals surface area contributed by atoms with E-state index in [-0.39, 0.29) is 0 Å². The second-order valence-corrected chi connectivity index (χ2v) is 6.78. The van der Waals surface area contributed by atoms with Crippen molar-refractivity contribution in [3.63, 3.8) is 0 Å². The summed E-state index contributed by atoms with van der Waals surface area (Å²) in [6.45, 7) is 5.65. The van der Waals surface area contributed by atoms with Crippen LogP contribution < -0.4 is 5.32 Å². The molecule has 1 heterocycles. The fourth-order valence-corrected chi connectivity index (χ4v) is 3.17. The van der Waals surface area contributed by atoms with E-state index in [0.29, 0.717) is 0 Å². The van der Waals surface area contributed by atoms with Gasteiger partial charge in [-0.25, -0.2) is 4.98 Å². The summed E-state index contributed by atoms with van der Waals surface area (Å²) in [6.07, 6.45) is 8.94. The summed E-state index contributed by atoms with van der Waals surface area (Å²) < 4.78 is 0. The van der Waals surface area contributed by atoms with Crippen LogP contribution in [0, 0.1) is 5.92 Å². The van der Waals surface area contributed by atoms with Gasteiger partial charge in [-0.15, -0.1) is 11.3 Å². The van der Waals surface area contributed by atoms with Crippen LogP contribution in [0.4, 0.5) is 5.13 Å². The number of aromatic nitrogens is 1. The molecule has 2 saturated carbocycles. The Balaban J connectivity index is 1.54. The predicted molar refractivity (Wildman–Crippen MR) is 77.1 cm³/mol. The Morgan fingerprint density at radius 2 is 2.22 bits per heavy atom. The Labute approximate surface area is 114 Å². The molecule has 0 aromatic carbocycles. The van der Waals surface area contributed by atoms with Crippen LogP contribution >= 0.6 is 11.3 Å². The Bertz CT molecular complexity index is 382. The van der Waals surface area contributed by atoms with Crippen LogP contribution in [0.2, 0.25) is 0 Å². The van der Waals surface area contributed by atoms with Gasteiger partial charge in [-0.05, 0) is 38.0 Å². The first-order chi connectivity index (χ1) is 8.85. The summed E-state index contributed by atoms with van der Waals surface area (Å²) in [5, 5.41) is 4.47. The number of nitrogens with zero attached hydrogens (tertiary/aromatic N) is 2. The van der Waals surface area contributed by atoms with Gasteiger partial charge in [0, 0.05) is 36.8 Å². The molecule has 0 saturated heterocycles. The van der Waals surface area contributed by atoms with Crippen LogP contribution in [-0.4, -0.2) is 29.0 Å². The third-order valence-electron chi connectivity index (χ3n) is 3.69. The van der Waals surface area contributed by atoms with Crippen molar-refractivity contribution in [2.45, 2.75) is 51.6 Å². The van der Waals surface area contributed by atoms with E-state index >= 15 is 0 Å². The van der Waals surface area contributed by atoms with Crippen molar-refractivity contribution in [2.24, 2.45) is 5.92 Å². The molecule has 0 bridgehead atoms. The zero-order chi connectivity index (χ0) is 12.4.